The minimum atomic E-state index is 0.185. The van der Waals surface area contributed by atoms with Gasteiger partial charge in [-0.3, -0.25) is 4.90 Å². The molecule has 0 saturated carbocycles. The van der Waals surface area contributed by atoms with E-state index in [1.54, 1.807) is 7.11 Å². The van der Waals surface area contributed by atoms with Crippen LogP contribution in [0.3, 0.4) is 0 Å². The number of hydrogen-bond acceptors (Lipinski definition) is 4. The second-order valence-electron chi connectivity index (χ2n) is 5.50. The molecule has 0 aromatic heterocycles. The Balaban J connectivity index is 2.90. The smallest absolute Gasteiger partial charge is 0.119 e. The Morgan fingerprint density at radius 1 is 1.24 bits per heavy atom. The van der Waals surface area contributed by atoms with Crippen molar-refractivity contribution in [2.24, 2.45) is 5.73 Å². The molecule has 0 aliphatic carbocycles. The number of nitrogens with zero attached hydrogens (tertiary/aromatic N) is 1. The van der Waals surface area contributed by atoms with Crippen LogP contribution in [0.2, 0.25) is 0 Å². The molecule has 0 saturated heterocycles. The lowest BCUT2D eigenvalue weighted by atomic mass is 10.0. The van der Waals surface area contributed by atoms with E-state index in [0.717, 1.165) is 25.3 Å². The molecule has 1 aromatic carbocycles. The average molecular weight is 294 g/mol. The predicted octanol–water partition coefficient (Wildman–Crippen LogP) is 2.83. The first-order valence-electron chi connectivity index (χ1n) is 7.81. The molecule has 1 rings (SSSR count). The van der Waals surface area contributed by atoms with Crippen molar-refractivity contribution in [3.05, 3.63) is 29.8 Å². The summed E-state index contributed by atoms with van der Waals surface area (Å²) in [6.07, 6.45) is 1.01. The summed E-state index contributed by atoms with van der Waals surface area (Å²) in [6, 6.07) is 8.87. The van der Waals surface area contributed by atoms with Crippen LogP contribution in [-0.4, -0.2) is 44.4 Å². The Morgan fingerprint density at radius 3 is 2.57 bits per heavy atom. The molecule has 1 atom stereocenters. The number of methoxy groups -OCH3 is 1. The van der Waals surface area contributed by atoms with Crippen LogP contribution in [0.25, 0.3) is 0 Å². The van der Waals surface area contributed by atoms with Gasteiger partial charge in [0.25, 0.3) is 0 Å². The standard InChI is InChI=1S/C17H30N2O2/c1-5-10-21-16-8-6-7-15(12-16)17(13-18)19(14(2)3)9-11-20-4/h6-8,12,14,17H,5,9-11,13,18H2,1-4H3. The van der Waals surface area contributed by atoms with Gasteiger partial charge in [-0.25, -0.2) is 0 Å². The molecule has 0 fully saturated rings. The summed E-state index contributed by atoms with van der Waals surface area (Å²) in [4.78, 5) is 2.38. The molecule has 2 N–H and O–H groups in total. The van der Waals surface area contributed by atoms with Crippen molar-refractivity contribution in [3.63, 3.8) is 0 Å². The molecule has 1 unspecified atom stereocenters. The number of hydrogen-bond donors (Lipinski definition) is 1. The van der Waals surface area contributed by atoms with E-state index < -0.39 is 0 Å². The summed E-state index contributed by atoms with van der Waals surface area (Å²) in [5, 5.41) is 0. The quantitative estimate of drug-likeness (QED) is 0.721. The highest BCUT2D eigenvalue weighted by atomic mass is 16.5. The largest absolute Gasteiger partial charge is 0.494 e. The zero-order valence-corrected chi connectivity index (χ0v) is 13.8. The first-order valence-corrected chi connectivity index (χ1v) is 7.81. The van der Waals surface area contributed by atoms with E-state index in [2.05, 4.69) is 37.8 Å². The van der Waals surface area contributed by atoms with Gasteiger partial charge in [0.05, 0.1) is 13.2 Å². The van der Waals surface area contributed by atoms with Crippen molar-refractivity contribution in [3.8, 4) is 5.75 Å². The summed E-state index contributed by atoms with van der Waals surface area (Å²) >= 11 is 0. The Bertz CT molecular complexity index is 396. The van der Waals surface area contributed by atoms with E-state index in [1.807, 2.05) is 12.1 Å². The molecule has 0 bridgehead atoms. The Morgan fingerprint density at radius 2 is 2.00 bits per heavy atom. The first-order chi connectivity index (χ1) is 10.1. The van der Waals surface area contributed by atoms with Crippen molar-refractivity contribution >= 4 is 0 Å². The normalized spacial score (nSPS) is 12.9. The predicted molar refractivity (Wildman–Crippen MR) is 87.7 cm³/mol. The Hall–Kier alpha value is -1.10. The zero-order valence-electron chi connectivity index (χ0n) is 13.8. The highest BCUT2D eigenvalue weighted by Gasteiger charge is 2.21. The second kappa shape index (κ2) is 9.77. The van der Waals surface area contributed by atoms with Crippen LogP contribution in [0, 0.1) is 0 Å². The maximum Gasteiger partial charge on any atom is 0.119 e. The Labute approximate surface area is 129 Å². The van der Waals surface area contributed by atoms with E-state index in [0.29, 0.717) is 19.2 Å². The van der Waals surface area contributed by atoms with Crippen LogP contribution < -0.4 is 10.5 Å². The van der Waals surface area contributed by atoms with Gasteiger partial charge >= 0.3 is 0 Å². The lowest BCUT2D eigenvalue weighted by molar-refractivity contribution is 0.0978. The lowest BCUT2D eigenvalue weighted by Gasteiger charge is -2.34. The number of nitrogens with two attached hydrogens (primary N) is 1. The summed E-state index contributed by atoms with van der Waals surface area (Å²) in [5.74, 6) is 0.920. The first kappa shape index (κ1) is 18.0. The van der Waals surface area contributed by atoms with Crippen molar-refractivity contribution in [2.75, 3.05) is 33.4 Å². The van der Waals surface area contributed by atoms with Gasteiger partial charge in [-0.1, -0.05) is 19.1 Å². The third-order valence-electron chi connectivity index (χ3n) is 3.56. The summed E-state index contributed by atoms with van der Waals surface area (Å²) in [7, 11) is 1.73. The van der Waals surface area contributed by atoms with Crippen LogP contribution in [-0.2, 0) is 4.74 Å². The van der Waals surface area contributed by atoms with E-state index in [9.17, 15) is 0 Å². The Kier molecular flexibility index (Phi) is 8.35. The SMILES string of the molecule is CCCOc1cccc(C(CN)N(CCOC)C(C)C)c1. The van der Waals surface area contributed by atoms with Gasteiger partial charge < -0.3 is 15.2 Å². The number of rotatable bonds is 10. The average Bonchev–Trinajstić information content (AvgIpc) is 2.49. The molecule has 0 heterocycles. The molecule has 0 amide bonds. The minimum absolute atomic E-state index is 0.185. The molecule has 120 valence electrons. The third kappa shape index (κ3) is 5.65. The molecule has 1 aromatic rings. The number of benzene rings is 1. The third-order valence-corrected chi connectivity index (χ3v) is 3.56. The van der Waals surface area contributed by atoms with Crippen molar-refractivity contribution in [2.45, 2.75) is 39.3 Å². The molecule has 4 heteroatoms. The highest BCUT2D eigenvalue weighted by molar-refractivity contribution is 5.31. The fourth-order valence-corrected chi connectivity index (χ4v) is 2.47. The van der Waals surface area contributed by atoms with Crippen LogP contribution in [0.15, 0.2) is 24.3 Å². The molecule has 0 aliphatic heterocycles. The van der Waals surface area contributed by atoms with Crippen LogP contribution >= 0.6 is 0 Å². The molecule has 4 nitrogen and oxygen atoms in total. The van der Waals surface area contributed by atoms with Crippen LogP contribution in [0.5, 0.6) is 5.75 Å². The molecular weight excluding hydrogens is 264 g/mol. The number of ether oxygens (including phenoxy) is 2. The van der Waals surface area contributed by atoms with Crippen molar-refractivity contribution < 1.29 is 9.47 Å². The van der Waals surface area contributed by atoms with E-state index >= 15 is 0 Å². The maximum absolute atomic E-state index is 6.04. The fraction of sp³-hybridized carbons (Fsp3) is 0.647. The summed E-state index contributed by atoms with van der Waals surface area (Å²) in [5.41, 5.74) is 7.25. The maximum atomic E-state index is 6.04. The van der Waals surface area contributed by atoms with Crippen molar-refractivity contribution in [1.82, 2.24) is 4.90 Å². The van der Waals surface area contributed by atoms with E-state index in [-0.39, 0.29) is 6.04 Å². The summed E-state index contributed by atoms with van der Waals surface area (Å²) in [6.45, 7) is 9.40. The minimum Gasteiger partial charge on any atom is -0.494 e. The molecule has 21 heavy (non-hydrogen) atoms. The van der Waals surface area contributed by atoms with Crippen molar-refractivity contribution in [1.29, 1.82) is 0 Å². The highest BCUT2D eigenvalue weighted by Crippen LogP contribution is 2.25. The van der Waals surface area contributed by atoms with Gasteiger partial charge in [-0.2, -0.15) is 0 Å². The molecule has 0 aliphatic rings. The fourth-order valence-electron chi connectivity index (χ4n) is 2.47. The second-order valence-corrected chi connectivity index (χ2v) is 5.50. The monoisotopic (exact) mass is 294 g/mol. The van der Waals surface area contributed by atoms with Gasteiger partial charge in [0, 0.05) is 32.3 Å². The van der Waals surface area contributed by atoms with Gasteiger partial charge in [-0.15, -0.1) is 0 Å². The lowest BCUT2D eigenvalue weighted by Crippen LogP contribution is -2.40. The van der Waals surface area contributed by atoms with Crippen LogP contribution in [0.1, 0.15) is 38.8 Å². The zero-order chi connectivity index (χ0) is 15.7. The summed E-state index contributed by atoms with van der Waals surface area (Å²) < 4.78 is 11.0. The van der Waals surface area contributed by atoms with Gasteiger partial charge in [0.15, 0.2) is 0 Å². The molecule has 0 radical (unpaired) electrons. The van der Waals surface area contributed by atoms with Crippen LogP contribution in [0.4, 0.5) is 0 Å². The van der Waals surface area contributed by atoms with Gasteiger partial charge in [0.2, 0.25) is 0 Å². The molecule has 0 spiro atoms. The van der Waals surface area contributed by atoms with Gasteiger partial charge in [-0.05, 0) is 38.0 Å². The van der Waals surface area contributed by atoms with E-state index in [4.69, 9.17) is 15.2 Å². The topological polar surface area (TPSA) is 47.7 Å². The van der Waals surface area contributed by atoms with Gasteiger partial charge in [0.1, 0.15) is 5.75 Å². The van der Waals surface area contributed by atoms with E-state index in [1.165, 1.54) is 5.56 Å². The molecular formula is C17H30N2O2.